The predicted molar refractivity (Wildman–Crippen MR) is 77.1 cm³/mol. The van der Waals surface area contributed by atoms with Gasteiger partial charge in [-0.1, -0.05) is 17.7 Å². The van der Waals surface area contributed by atoms with Gasteiger partial charge < -0.3 is 10.7 Å². The van der Waals surface area contributed by atoms with Crippen LogP contribution in [0.2, 0.25) is 5.02 Å². The van der Waals surface area contributed by atoms with Crippen LogP contribution in [0.5, 0.6) is 0 Å². The standard InChI is InChI=1S/C11H7BrClN5O/c12-5-2-1-4(3-6(5)13)8-15-7-9(16-8)17-11(14)18-10(7)19/h1-3H,(H4,14,15,16,17,18,19). The lowest BCUT2D eigenvalue weighted by Crippen LogP contribution is -2.10. The van der Waals surface area contributed by atoms with Crippen LogP contribution in [0, 0.1) is 0 Å². The zero-order chi connectivity index (χ0) is 13.6. The minimum atomic E-state index is -0.357. The van der Waals surface area contributed by atoms with Gasteiger partial charge in [-0.25, -0.2) is 4.98 Å². The number of nitrogen functional groups attached to an aromatic ring is 1. The van der Waals surface area contributed by atoms with Crippen LogP contribution in [0.25, 0.3) is 22.6 Å². The Balaban J connectivity index is 2.23. The summed E-state index contributed by atoms with van der Waals surface area (Å²) in [5, 5.41) is 0.555. The van der Waals surface area contributed by atoms with Gasteiger partial charge in [0.25, 0.3) is 5.56 Å². The maximum absolute atomic E-state index is 11.7. The molecular formula is C11H7BrClN5O. The number of fused-ring (bicyclic) bond motifs is 1. The molecule has 19 heavy (non-hydrogen) atoms. The lowest BCUT2D eigenvalue weighted by Gasteiger charge is -1.99. The number of benzene rings is 1. The van der Waals surface area contributed by atoms with Crippen molar-refractivity contribution in [3.05, 3.63) is 38.0 Å². The van der Waals surface area contributed by atoms with Crippen LogP contribution in [-0.4, -0.2) is 19.9 Å². The lowest BCUT2D eigenvalue weighted by atomic mass is 10.2. The van der Waals surface area contributed by atoms with Crippen molar-refractivity contribution in [3.8, 4) is 11.4 Å². The van der Waals surface area contributed by atoms with E-state index in [4.69, 9.17) is 17.3 Å². The van der Waals surface area contributed by atoms with Gasteiger partial charge in [-0.3, -0.25) is 9.78 Å². The monoisotopic (exact) mass is 339 g/mol. The van der Waals surface area contributed by atoms with Gasteiger partial charge in [0.15, 0.2) is 11.2 Å². The van der Waals surface area contributed by atoms with Gasteiger partial charge in [-0.05, 0) is 28.1 Å². The van der Waals surface area contributed by atoms with Gasteiger partial charge in [-0.2, -0.15) is 4.98 Å². The molecule has 0 aliphatic rings. The smallest absolute Gasteiger partial charge is 0.278 e. The molecule has 0 fully saturated rings. The number of aromatic nitrogens is 4. The van der Waals surface area contributed by atoms with E-state index in [1.165, 1.54) is 0 Å². The van der Waals surface area contributed by atoms with Crippen LogP contribution in [0.1, 0.15) is 0 Å². The summed E-state index contributed by atoms with van der Waals surface area (Å²) in [5.74, 6) is 0.539. The number of rotatable bonds is 1. The maximum atomic E-state index is 11.7. The van der Waals surface area contributed by atoms with E-state index in [9.17, 15) is 4.79 Å². The molecule has 2 aromatic heterocycles. The molecule has 6 nitrogen and oxygen atoms in total. The first kappa shape index (κ1) is 12.2. The minimum absolute atomic E-state index is 0.0318. The molecule has 0 radical (unpaired) electrons. The van der Waals surface area contributed by atoms with Crippen molar-refractivity contribution in [1.82, 2.24) is 19.9 Å². The molecular weight excluding hydrogens is 334 g/mol. The number of aromatic amines is 2. The van der Waals surface area contributed by atoms with Gasteiger partial charge in [-0.15, -0.1) is 0 Å². The predicted octanol–water partition coefficient (Wildman–Crippen LogP) is 2.31. The summed E-state index contributed by atoms with van der Waals surface area (Å²) in [6, 6.07) is 5.36. The molecule has 2 heterocycles. The highest BCUT2D eigenvalue weighted by Gasteiger charge is 2.11. The molecule has 0 aliphatic heterocycles. The van der Waals surface area contributed by atoms with Crippen LogP contribution in [0.3, 0.4) is 0 Å². The normalized spacial score (nSPS) is 11.1. The van der Waals surface area contributed by atoms with Gasteiger partial charge in [0.1, 0.15) is 5.82 Å². The zero-order valence-electron chi connectivity index (χ0n) is 9.37. The molecule has 1 aromatic carbocycles. The van der Waals surface area contributed by atoms with Gasteiger partial charge in [0, 0.05) is 10.0 Å². The van der Waals surface area contributed by atoms with E-state index in [0.29, 0.717) is 10.8 Å². The number of nitrogens with one attached hydrogen (secondary N) is 2. The van der Waals surface area contributed by atoms with Crippen molar-refractivity contribution < 1.29 is 0 Å². The highest BCUT2D eigenvalue weighted by molar-refractivity contribution is 9.10. The van der Waals surface area contributed by atoms with Crippen LogP contribution < -0.4 is 11.3 Å². The Morgan fingerprint density at radius 2 is 2.05 bits per heavy atom. The number of anilines is 1. The first-order chi connectivity index (χ1) is 9.04. The van der Waals surface area contributed by atoms with Crippen molar-refractivity contribution in [2.75, 3.05) is 5.73 Å². The fourth-order valence-corrected chi connectivity index (χ4v) is 2.13. The van der Waals surface area contributed by atoms with E-state index >= 15 is 0 Å². The zero-order valence-corrected chi connectivity index (χ0v) is 11.7. The van der Waals surface area contributed by atoms with E-state index < -0.39 is 0 Å². The highest BCUT2D eigenvalue weighted by atomic mass is 79.9. The summed E-state index contributed by atoms with van der Waals surface area (Å²) in [6.07, 6.45) is 0. The molecule has 0 saturated heterocycles. The average Bonchev–Trinajstić information content (AvgIpc) is 2.76. The molecule has 0 unspecified atom stereocenters. The second-order valence-corrected chi connectivity index (χ2v) is 5.13. The largest absolute Gasteiger partial charge is 0.369 e. The summed E-state index contributed by atoms with van der Waals surface area (Å²) < 4.78 is 0.786. The second kappa shape index (κ2) is 4.36. The van der Waals surface area contributed by atoms with Gasteiger partial charge >= 0.3 is 0 Å². The number of H-pyrrole nitrogens is 2. The van der Waals surface area contributed by atoms with Crippen molar-refractivity contribution in [3.63, 3.8) is 0 Å². The van der Waals surface area contributed by atoms with Crippen molar-refractivity contribution in [1.29, 1.82) is 0 Å². The fourth-order valence-electron chi connectivity index (χ4n) is 1.70. The Labute approximate surface area is 120 Å². The molecule has 0 atom stereocenters. The third kappa shape index (κ3) is 2.11. The van der Waals surface area contributed by atoms with Crippen LogP contribution in [0.4, 0.5) is 5.95 Å². The summed E-state index contributed by atoms with van der Waals surface area (Å²) in [5.41, 5.74) is 6.42. The topological polar surface area (TPSA) is 100 Å². The molecule has 3 rings (SSSR count). The molecule has 0 amide bonds. The van der Waals surface area contributed by atoms with Crippen LogP contribution in [0.15, 0.2) is 27.5 Å². The Morgan fingerprint density at radius 1 is 1.26 bits per heavy atom. The van der Waals surface area contributed by atoms with Gasteiger partial charge in [0.2, 0.25) is 5.95 Å². The van der Waals surface area contributed by atoms with Crippen LogP contribution >= 0.6 is 27.5 Å². The summed E-state index contributed by atoms with van der Waals surface area (Å²) in [7, 11) is 0. The summed E-state index contributed by atoms with van der Waals surface area (Å²) in [6.45, 7) is 0. The van der Waals surface area contributed by atoms with Crippen molar-refractivity contribution in [2.45, 2.75) is 0 Å². The quantitative estimate of drug-likeness (QED) is 0.633. The fraction of sp³-hybridized carbons (Fsp3) is 0. The molecule has 8 heteroatoms. The first-order valence-corrected chi connectivity index (χ1v) is 6.42. The van der Waals surface area contributed by atoms with Crippen LogP contribution in [-0.2, 0) is 0 Å². The summed E-state index contributed by atoms with van der Waals surface area (Å²) in [4.78, 5) is 25.2. The molecule has 4 N–H and O–H groups in total. The van der Waals surface area contributed by atoms with E-state index in [1.54, 1.807) is 12.1 Å². The maximum Gasteiger partial charge on any atom is 0.278 e. The SMILES string of the molecule is Nc1nc2nc(-c3ccc(Br)c(Cl)c3)[nH]c2c(=O)[nH]1. The Kier molecular flexibility index (Phi) is 2.79. The highest BCUT2D eigenvalue weighted by Crippen LogP contribution is 2.27. The average molecular weight is 341 g/mol. The van der Waals surface area contributed by atoms with E-state index in [-0.39, 0.29) is 22.7 Å². The Bertz CT molecular complexity index is 841. The number of nitrogens with two attached hydrogens (primary N) is 1. The van der Waals surface area contributed by atoms with E-state index in [0.717, 1.165) is 10.0 Å². The van der Waals surface area contributed by atoms with E-state index in [2.05, 4.69) is 35.9 Å². The Hall–Kier alpha value is -1.86. The second-order valence-electron chi connectivity index (χ2n) is 3.86. The number of imidazole rings is 1. The molecule has 0 aliphatic carbocycles. The number of nitrogens with zero attached hydrogens (tertiary/aromatic N) is 2. The number of hydrogen-bond acceptors (Lipinski definition) is 4. The summed E-state index contributed by atoms with van der Waals surface area (Å²) >= 11 is 9.34. The molecule has 0 spiro atoms. The van der Waals surface area contributed by atoms with Gasteiger partial charge in [0.05, 0.1) is 5.02 Å². The first-order valence-electron chi connectivity index (χ1n) is 5.25. The molecule has 0 saturated carbocycles. The van der Waals surface area contributed by atoms with E-state index in [1.807, 2.05) is 6.07 Å². The third-order valence-electron chi connectivity index (χ3n) is 2.57. The third-order valence-corrected chi connectivity index (χ3v) is 3.81. The number of hydrogen-bond donors (Lipinski definition) is 3. The Morgan fingerprint density at radius 3 is 2.79 bits per heavy atom. The molecule has 96 valence electrons. The number of halogens is 2. The molecule has 3 aromatic rings. The van der Waals surface area contributed by atoms with Crippen molar-refractivity contribution >= 4 is 44.6 Å². The lowest BCUT2D eigenvalue weighted by molar-refractivity contribution is 1.17. The molecule has 0 bridgehead atoms. The minimum Gasteiger partial charge on any atom is -0.369 e. The van der Waals surface area contributed by atoms with Crippen molar-refractivity contribution in [2.24, 2.45) is 0 Å².